The van der Waals surface area contributed by atoms with Crippen LogP contribution in [0.5, 0.6) is 0 Å². The Hall–Kier alpha value is -2.18. The Bertz CT molecular complexity index is 482. The van der Waals surface area contributed by atoms with Crippen molar-refractivity contribution in [3.05, 3.63) is 41.5 Å². The Labute approximate surface area is 112 Å². The first-order valence-electron chi connectivity index (χ1n) is 5.88. The summed E-state index contributed by atoms with van der Waals surface area (Å²) < 4.78 is 0. The molecule has 0 heterocycles. The predicted octanol–water partition coefficient (Wildman–Crippen LogP) is 0.740. The normalized spacial score (nSPS) is 11.3. The summed E-state index contributed by atoms with van der Waals surface area (Å²) in [6.07, 6.45) is 2.28. The SMILES string of the molecule is C/C=C(\C=N)c1cccc(CNC(=O)NC(N)N)c1. The van der Waals surface area contributed by atoms with Crippen molar-refractivity contribution < 1.29 is 4.79 Å². The number of nitrogens with two attached hydrogens (primary N) is 2. The molecule has 0 fully saturated rings. The largest absolute Gasteiger partial charge is 0.334 e. The molecule has 0 atom stereocenters. The summed E-state index contributed by atoms with van der Waals surface area (Å²) in [5.41, 5.74) is 13.2. The van der Waals surface area contributed by atoms with Crippen molar-refractivity contribution in [2.45, 2.75) is 19.8 Å². The molecule has 0 aliphatic rings. The Morgan fingerprint density at radius 1 is 1.47 bits per heavy atom. The fourth-order valence-corrected chi connectivity index (χ4v) is 1.58. The van der Waals surface area contributed by atoms with Gasteiger partial charge in [-0.3, -0.25) is 11.5 Å². The standard InChI is InChI=1S/C13H19N5O/c1-2-10(7-14)11-5-3-4-9(6-11)8-17-13(19)18-12(15)16/h2-7,12,14H,8,15-16H2,1H3,(H2,17,18,19)/b10-2+,14-7?. The Balaban J connectivity index is 2.68. The third-order valence-electron chi connectivity index (χ3n) is 2.48. The fraction of sp³-hybridized carbons (Fsp3) is 0.231. The van der Waals surface area contributed by atoms with Gasteiger partial charge in [0, 0.05) is 12.8 Å². The summed E-state index contributed by atoms with van der Waals surface area (Å²) in [7, 11) is 0. The highest BCUT2D eigenvalue weighted by Crippen LogP contribution is 2.14. The van der Waals surface area contributed by atoms with Gasteiger partial charge in [-0.05, 0) is 29.7 Å². The molecule has 1 aromatic carbocycles. The van der Waals surface area contributed by atoms with E-state index in [1.54, 1.807) is 0 Å². The summed E-state index contributed by atoms with van der Waals surface area (Å²) >= 11 is 0. The van der Waals surface area contributed by atoms with Crippen LogP contribution in [0.4, 0.5) is 4.79 Å². The molecule has 0 aromatic heterocycles. The monoisotopic (exact) mass is 261 g/mol. The molecule has 0 spiro atoms. The van der Waals surface area contributed by atoms with Gasteiger partial charge in [-0.1, -0.05) is 24.3 Å². The second kappa shape index (κ2) is 7.30. The lowest BCUT2D eigenvalue weighted by molar-refractivity contribution is 0.237. The molecule has 19 heavy (non-hydrogen) atoms. The Morgan fingerprint density at radius 3 is 2.79 bits per heavy atom. The minimum Gasteiger partial charge on any atom is -0.334 e. The number of amides is 2. The average molecular weight is 261 g/mol. The lowest BCUT2D eigenvalue weighted by Crippen LogP contribution is -2.51. The zero-order valence-electron chi connectivity index (χ0n) is 10.8. The van der Waals surface area contributed by atoms with E-state index in [-0.39, 0.29) is 0 Å². The van der Waals surface area contributed by atoms with Crippen LogP contribution in [0.2, 0.25) is 0 Å². The maximum atomic E-state index is 11.3. The maximum absolute atomic E-state index is 11.3. The first-order valence-corrected chi connectivity index (χ1v) is 5.88. The van der Waals surface area contributed by atoms with Gasteiger partial charge in [0.1, 0.15) is 6.29 Å². The second-order valence-corrected chi connectivity index (χ2v) is 3.94. The van der Waals surface area contributed by atoms with Crippen LogP contribution >= 0.6 is 0 Å². The summed E-state index contributed by atoms with van der Waals surface area (Å²) in [6, 6.07) is 7.19. The minimum atomic E-state index is -0.876. The van der Waals surface area contributed by atoms with Crippen molar-refractivity contribution in [3.8, 4) is 0 Å². The van der Waals surface area contributed by atoms with Crippen molar-refractivity contribution in [3.63, 3.8) is 0 Å². The van der Waals surface area contributed by atoms with E-state index in [2.05, 4.69) is 10.6 Å². The van der Waals surface area contributed by atoms with E-state index in [9.17, 15) is 4.79 Å². The van der Waals surface area contributed by atoms with Crippen LogP contribution < -0.4 is 22.1 Å². The summed E-state index contributed by atoms with van der Waals surface area (Å²) in [5, 5.41) is 12.3. The molecule has 1 rings (SSSR count). The van der Waals surface area contributed by atoms with Gasteiger partial charge in [0.05, 0.1) is 0 Å². The molecular weight excluding hydrogens is 242 g/mol. The maximum Gasteiger partial charge on any atom is 0.317 e. The number of benzene rings is 1. The van der Waals surface area contributed by atoms with E-state index in [0.29, 0.717) is 6.54 Å². The smallest absolute Gasteiger partial charge is 0.317 e. The van der Waals surface area contributed by atoms with Gasteiger partial charge in [0.25, 0.3) is 0 Å². The average Bonchev–Trinajstić information content (AvgIpc) is 2.38. The third kappa shape index (κ3) is 4.90. The van der Waals surface area contributed by atoms with E-state index in [1.165, 1.54) is 6.21 Å². The summed E-state index contributed by atoms with van der Waals surface area (Å²) in [5.74, 6) is 0. The van der Waals surface area contributed by atoms with Crippen LogP contribution in [-0.4, -0.2) is 18.5 Å². The molecule has 6 heteroatoms. The van der Waals surface area contributed by atoms with Gasteiger partial charge in [-0.2, -0.15) is 0 Å². The highest BCUT2D eigenvalue weighted by molar-refractivity contribution is 6.08. The Kier molecular flexibility index (Phi) is 5.72. The number of hydrogen-bond acceptors (Lipinski definition) is 4. The highest BCUT2D eigenvalue weighted by atomic mass is 16.2. The van der Waals surface area contributed by atoms with Crippen molar-refractivity contribution in [2.75, 3.05) is 0 Å². The van der Waals surface area contributed by atoms with E-state index >= 15 is 0 Å². The molecule has 0 aliphatic carbocycles. The lowest BCUT2D eigenvalue weighted by atomic mass is 10.0. The van der Waals surface area contributed by atoms with Crippen LogP contribution in [0.15, 0.2) is 30.3 Å². The van der Waals surface area contributed by atoms with Crippen molar-refractivity contribution in [1.82, 2.24) is 10.6 Å². The quantitative estimate of drug-likeness (QED) is 0.397. The van der Waals surface area contributed by atoms with Crippen LogP contribution in [0, 0.1) is 5.41 Å². The van der Waals surface area contributed by atoms with Crippen LogP contribution in [-0.2, 0) is 6.54 Å². The molecule has 0 unspecified atom stereocenters. The number of nitrogens with one attached hydrogen (secondary N) is 3. The summed E-state index contributed by atoms with van der Waals surface area (Å²) in [6.45, 7) is 2.24. The van der Waals surface area contributed by atoms with Crippen molar-refractivity contribution in [1.29, 1.82) is 5.41 Å². The van der Waals surface area contributed by atoms with Crippen LogP contribution in [0.1, 0.15) is 18.1 Å². The van der Waals surface area contributed by atoms with Gasteiger partial charge in [-0.25, -0.2) is 4.79 Å². The fourth-order valence-electron chi connectivity index (χ4n) is 1.58. The van der Waals surface area contributed by atoms with E-state index in [4.69, 9.17) is 16.9 Å². The number of carbonyl (C=O) groups is 1. The van der Waals surface area contributed by atoms with E-state index in [0.717, 1.165) is 16.7 Å². The third-order valence-corrected chi connectivity index (χ3v) is 2.48. The summed E-state index contributed by atoms with van der Waals surface area (Å²) in [4.78, 5) is 11.3. The molecule has 0 saturated heterocycles. The van der Waals surface area contributed by atoms with Gasteiger partial charge in [-0.15, -0.1) is 0 Å². The van der Waals surface area contributed by atoms with Gasteiger partial charge < -0.3 is 16.0 Å². The molecule has 2 amide bonds. The molecule has 6 nitrogen and oxygen atoms in total. The number of rotatable bonds is 5. The number of allylic oxidation sites excluding steroid dienone is 2. The number of carbonyl (C=O) groups excluding carboxylic acids is 1. The molecule has 102 valence electrons. The molecule has 0 saturated carbocycles. The van der Waals surface area contributed by atoms with Gasteiger partial charge >= 0.3 is 6.03 Å². The molecule has 7 N–H and O–H groups in total. The van der Waals surface area contributed by atoms with E-state index < -0.39 is 12.3 Å². The number of hydrogen-bond donors (Lipinski definition) is 5. The minimum absolute atomic E-state index is 0.362. The molecule has 0 radical (unpaired) electrons. The predicted molar refractivity (Wildman–Crippen MR) is 76.4 cm³/mol. The first kappa shape index (κ1) is 14.9. The van der Waals surface area contributed by atoms with Gasteiger partial charge in [0.2, 0.25) is 0 Å². The van der Waals surface area contributed by atoms with Crippen LogP contribution in [0.25, 0.3) is 5.57 Å². The molecule has 1 aromatic rings. The molecule has 0 aliphatic heterocycles. The van der Waals surface area contributed by atoms with Crippen molar-refractivity contribution in [2.24, 2.45) is 11.5 Å². The second-order valence-electron chi connectivity index (χ2n) is 3.94. The molecular formula is C13H19N5O. The zero-order chi connectivity index (χ0) is 14.3. The topological polar surface area (TPSA) is 117 Å². The zero-order valence-corrected chi connectivity index (χ0v) is 10.8. The van der Waals surface area contributed by atoms with Gasteiger partial charge in [0.15, 0.2) is 0 Å². The Morgan fingerprint density at radius 2 is 2.21 bits per heavy atom. The highest BCUT2D eigenvalue weighted by Gasteiger charge is 2.03. The lowest BCUT2D eigenvalue weighted by Gasteiger charge is -2.10. The first-order chi connectivity index (χ1) is 9.06. The molecule has 0 bridgehead atoms. The van der Waals surface area contributed by atoms with Crippen molar-refractivity contribution >= 4 is 17.8 Å². The van der Waals surface area contributed by atoms with Crippen LogP contribution in [0.3, 0.4) is 0 Å². The number of urea groups is 1. The van der Waals surface area contributed by atoms with E-state index in [1.807, 2.05) is 37.3 Å².